The van der Waals surface area contributed by atoms with E-state index in [1.807, 2.05) is 78.9 Å². The van der Waals surface area contributed by atoms with E-state index in [4.69, 9.17) is 18.0 Å². The summed E-state index contributed by atoms with van der Waals surface area (Å²) in [6.07, 6.45) is 0. The largest absolute Gasteiger partial charge is 0.374 e. The molecule has 0 saturated carbocycles. The van der Waals surface area contributed by atoms with Crippen LogP contribution in [0.5, 0.6) is 0 Å². The van der Waals surface area contributed by atoms with E-state index >= 15 is 0 Å². The third-order valence-electron chi connectivity index (χ3n) is 4.08. The molecule has 2 amide bonds. The molecule has 0 radical (unpaired) electrons. The Morgan fingerprint density at radius 1 is 0.889 bits per heavy atom. The molecule has 3 aromatic carbocycles. The van der Waals surface area contributed by atoms with E-state index in [1.165, 1.54) is 5.01 Å². The maximum Gasteiger partial charge on any atom is 0.345 e. The second-order valence-electron chi connectivity index (χ2n) is 5.80. The lowest BCUT2D eigenvalue weighted by atomic mass is 10.2. The number of nitrogens with one attached hydrogen (secondary N) is 1. The Morgan fingerprint density at radius 2 is 1.41 bits per heavy atom. The summed E-state index contributed by atoms with van der Waals surface area (Å²) >= 11 is 6.78. The highest BCUT2D eigenvalue weighted by atomic mass is 32.2. The summed E-state index contributed by atoms with van der Waals surface area (Å²) in [7, 11) is 0. The minimum absolute atomic E-state index is 0.0579. The molecule has 3 N–H and O–H groups in total. The molecule has 1 aliphatic rings. The van der Waals surface area contributed by atoms with Gasteiger partial charge in [-0.05, 0) is 48.6 Å². The van der Waals surface area contributed by atoms with Gasteiger partial charge >= 0.3 is 6.03 Å². The van der Waals surface area contributed by atoms with Gasteiger partial charge in [0.15, 0.2) is 5.11 Å². The van der Waals surface area contributed by atoms with Gasteiger partial charge in [-0.15, -0.1) is 0 Å². The number of rotatable bonds is 1. The predicted molar refractivity (Wildman–Crippen MR) is 113 cm³/mol. The zero-order chi connectivity index (χ0) is 18.8. The molecule has 3 aromatic rings. The quantitative estimate of drug-likeness (QED) is 0.466. The van der Waals surface area contributed by atoms with Gasteiger partial charge < -0.3 is 5.73 Å². The van der Waals surface area contributed by atoms with Gasteiger partial charge in [0.25, 0.3) is 0 Å². The lowest BCUT2D eigenvalue weighted by molar-refractivity contribution is 0.248. The van der Waals surface area contributed by atoms with Crippen LogP contribution in [0.2, 0.25) is 0 Å². The highest BCUT2D eigenvalue weighted by Crippen LogP contribution is 2.47. The molecular formula is C20H16N4OS2. The lowest BCUT2D eigenvalue weighted by Gasteiger charge is -2.33. The second kappa shape index (κ2) is 7.30. The molecule has 0 aromatic heterocycles. The van der Waals surface area contributed by atoms with Crippen LogP contribution in [0.25, 0.3) is 0 Å². The maximum absolute atomic E-state index is 13.3. The van der Waals surface area contributed by atoms with Crippen molar-refractivity contribution in [2.45, 2.75) is 9.79 Å². The SMILES string of the molecule is NC(=S)N(NC(=O)N1c2ccccc2Sc2ccccc21)c1ccccc1. The molecule has 0 spiro atoms. The summed E-state index contributed by atoms with van der Waals surface area (Å²) in [6, 6.07) is 24.5. The van der Waals surface area contributed by atoms with Crippen LogP contribution in [-0.4, -0.2) is 11.1 Å². The minimum Gasteiger partial charge on any atom is -0.374 e. The number of nitrogens with two attached hydrogens (primary N) is 1. The number of anilines is 3. The van der Waals surface area contributed by atoms with Crippen LogP contribution in [0, 0.1) is 0 Å². The van der Waals surface area contributed by atoms with Crippen molar-refractivity contribution in [1.82, 2.24) is 5.43 Å². The Morgan fingerprint density at radius 3 is 1.96 bits per heavy atom. The fraction of sp³-hybridized carbons (Fsp3) is 0. The standard InChI is InChI=1S/C20H16N4OS2/c21-19(26)24(14-8-2-1-3-9-14)22-20(25)23-15-10-4-6-12-17(15)27-18-13-7-5-11-16(18)23/h1-13H,(H2,21,26)(H,22,25). The van der Waals surface area contributed by atoms with E-state index in [-0.39, 0.29) is 11.1 Å². The number of hydrogen-bond acceptors (Lipinski definition) is 3. The lowest BCUT2D eigenvalue weighted by Crippen LogP contribution is -2.53. The fourth-order valence-electron chi connectivity index (χ4n) is 2.89. The topological polar surface area (TPSA) is 61.6 Å². The first kappa shape index (κ1) is 17.4. The Hall–Kier alpha value is -3.03. The Kier molecular flexibility index (Phi) is 4.70. The molecule has 0 aliphatic carbocycles. The molecule has 5 nitrogen and oxygen atoms in total. The van der Waals surface area contributed by atoms with Crippen LogP contribution in [0.1, 0.15) is 0 Å². The van der Waals surface area contributed by atoms with Crippen molar-refractivity contribution in [3.8, 4) is 0 Å². The smallest absolute Gasteiger partial charge is 0.345 e. The Balaban J connectivity index is 1.72. The van der Waals surface area contributed by atoms with Crippen molar-refractivity contribution in [3.05, 3.63) is 78.9 Å². The van der Waals surface area contributed by atoms with Gasteiger partial charge in [0.05, 0.1) is 17.1 Å². The molecule has 1 aliphatic heterocycles. The van der Waals surface area contributed by atoms with Crippen LogP contribution in [0.4, 0.5) is 21.9 Å². The first-order valence-electron chi connectivity index (χ1n) is 8.26. The van der Waals surface area contributed by atoms with E-state index in [2.05, 4.69) is 5.43 Å². The first-order valence-corrected chi connectivity index (χ1v) is 9.49. The third kappa shape index (κ3) is 3.34. The molecule has 0 atom stereocenters. The number of urea groups is 1. The molecular weight excluding hydrogens is 376 g/mol. The first-order chi connectivity index (χ1) is 13.1. The Labute approximate surface area is 166 Å². The van der Waals surface area contributed by atoms with Crippen molar-refractivity contribution in [2.24, 2.45) is 5.73 Å². The molecule has 27 heavy (non-hydrogen) atoms. The number of para-hydroxylation sites is 3. The van der Waals surface area contributed by atoms with E-state index in [1.54, 1.807) is 16.7 Å². The number of carbonyl (C=O) groups is 1. The predicted octanol–water partition coefficient (Wildman–Crippen LogP) is 4.66. The summed E-state index contributed by atoms with van der Waals surface area (Å²) in [6.45, 7) is 0. The number of thiocarbonyl (C=S) groups is 1. The van der Waals surface area contributed by atoms with Crippen LogP contribution in [-0.2, 0) is 0 Å². The number of benzene rings is 3. The average Bonchev–Trinajstić information content (AvgIpc) is 2.70. The van der Waals surface area contributed by atoms with Crippen LogP contribution >= 0.6 is 24.0 Å². The zero-order valence-electron chi connectivity index (χ0n) is 14.2. The normalized spacial score (nSPS) is 11.9. The number of fused-ring (bicyclic) bond motifs is 2. The van der Waals surface area contributed by atoms with Gasteiger partial charge in [0, 0.05) is 9.79 Å². The van der Waals surface area contributed by atoms with Crippen LogP contribution < -0.4 is 21.1 Å². The minimum atomic E-state index is -0.341. The number of hydrogen-bond donors (Lipinski definition) is 2. The molecule has 0 unspecified atom stereocenters. The number of nitrogens with zero attached hydrogens (tertiary/aromatic N) is 2. The van der Waals surface area contributed by atoms with E-state index in [0.29, 0.717) is 5.69 Å². The zero-order valence-corrected chi connectivity index (χ0v) is 15.8. The molecule has 0 fully saturated rings. The maximum atomic E-state index is 13.3. The number of amides is 2. The molecule has 134 valence electrons. The number of hydrazine groups is 1. The summed E-state index contributed by atoms with van der Waals surface area (Å²) in [5.74, 6) is 0. The monoisotopic (exact) mass is 392 g/mol. The van der Waals surface area contributed by atoms with E-state index < -0.39 is 0 Å². The van der Waals surface area contributed by atoms with Gasteiger partial charge in [0.2, 0.25) is 0 Å². The van der Waals surface area contributed by atoms with Gasteiger partial charge in [-0.1, -0.05) is 54.2 Å². The Bertz CT molecular complexity index is 964. The van der Waals surface area contributed by atoms with Crippen molar-refractivity contribution in [3.63, 3.8) is 0 Å². The molecule has 0 saturated heterocycles. The summed E-state index contributed by atoms with van der Waals surface area (Å²) < 4.78 is 0. The summed E-state index contributed by atoms with van der Waals surface area (Å²) in [5, 5.41) is 1.47. The van der Waals surface area contributed by atoms with E-state index in [0.717, 1.165) is 21.2 Å². The summed E-state index contributed by atoms with van der Waals surface area (Å²) in [4.78, 5) is 16.9. The average molecular weight is 393 g/mol. The highest BCUT2D eigenvalue weighted by Gasteiger charge is 2.29. The molecule has 0 bridgehead atoms. The van der Waals surface area contributed by atoms with Crippen LogP contribution in [0.15, 0.2) is 88.7 Å². The summed E-state index contributed by atoms with van der Waals surface area (Å²) in [5.41, 5.74) is 11.0. The van der Waals surface area contributed by atoms with Crippen LogP contribution in [0.3, 0.4) is 0 Å². The molecule has 7 heteroatoms. The van der Waals surface area contributed by atoms with Crippen molar-refractivity contribution < 1.29 is 4.79 Å². The van der Waals surface area contributed by atoms with E-state index in [9.17, 15) is 4.79 Å². The van der Waals surface area contributed by atoms with Gasteiger partial charge in [-0.25, -0.2) is 15.2 Å². The van der Waals surface area contributed by atoms with Crippen molar-refractivity contribution in [1.29, 1.82) is 0 Å². The molecule has 4 rings (SSSR count). The molecule has 1 heterocycles. The van der Waals surface area contributed by atoms with Gasteiger partial charge in [-0.2, -0.15) is 0 Å². The second-order valence-corrected chi connectivity index (χ2v) is 7.30. The number of carbonyl (C=O) groups excluding carboxylic acids is 1. The fourth-order valence-corrected chi connectivity index (χ4v) is 4.10. The highest BCUT2D eigenvalue weighted by molar-refractivity contribution is 7.99. The van der Waals surface area contributed by atoms with Crippen molar-refractivity contribution >= 4 is 52.2 Å². The third-order valence-corrected chi connectivity index (χ3v) is 5.39. The van der Waals surface area contributed by atoms with Crippen molar-refractivity contribution in [2.75, 3.05) is 9.91 Å². The van der Waals surface area contributed by atoms with Gasteiger partial charge in [-0.3, -0.25) is 4.90 Å². The van der Waals surface area contributed by atoms with Gasteiger partial charge in [0.1, 0.15) is 0 Å².